The highest BCUT2D eigenvalue weighted by Crippen LogP contribution is 2.23. The van der Waals surface area contributed by atoms with Crippen LogP contribution >= 0.6 is 15.9 Å². The van der Waals surface area contributed by atoms with Crippen LogP contribution in [0.4, 0.5) is 4.39 Å². The van der Waals surface area contributed by atoms with Crippen LogP contribution in [0.1, 0.15) is 35.5 Å². The monoisotopic (exact) mass is 339 g/mol. The molecule has 1 N–H and O–H groups in total. The normalized spacial score (nSPS) is 12.7. The van der Waals surface area contributed by atoms with Crippen LogP contribution in [0, 0.1) is 19.7 Å². The first-order chi connectivity index (χ1) is 9.43. The van der Waals surface area contributed by atoms with Crippen molar-refractivity contribution in [1.29, 1.82) is 0 Å². The van der Waals surface area contributed by atoms with Crippen molar-refractivity contribution in [3.63, 3.8) is 0 Å². The largest absolute Gasteiger partial charge is 0.313 e. The molecule has 3 nitrogen and oxygen atoms in total. The molecule has 0 spiro atoms. The first-order valence-electron chi connectivity index (χ1n) is 6.59. The first kappa shape index (κ1) is 15.2. The van der Waals surface area contributed by atoms with Crippen molar-refractivity contribution in [2.24, 2.45) is 0 Å². The Bertz CT molecular complexity index is 622. The van der Waals surface area contributed by atoms with Crippen molar-refractivity contribution in [2.75, 3.05) is 7.05 Å². The molecule has 1 aromatic heterocycles. The Kier molecular flexibility index (Phi) is 4.60. The third kappa shape index (κ3) is 2.94. The number of nitrogens with zero attached hydrogens (tertiary/aromatic N) is 2. The van der Waals surface area contributed by atoms with Crippen molar-refractivity contribution < 1.29 is 4.39 Å². The molecule has 1 unspecified atom stereocenters. The van der Waals surface area contributed by atoms with Crippen LogP contribution in [0.15, 0.2) is 22.7 Å². The molecule has 0 saturated heterocycles. The fourth-order valence-corrected chi connectivity index (χ4v) is 2.78. The van der Waals surface area contributed by atoms with E-state index in [1.165, 1.54) is 11.6 Å². The fourth-order valence-electron chi connectivity index (χ4n) is 2.45. The van der Waals surface area contributed by atoms with Gasteiger partial charge in [-0.05, 0) is 40.0 Å². The van der Waals surface area contributed by atoms with Gasteiger partial charge in [-0.15, -0.1) is 0 Å². The molecule has 0 aliphatic heterocycles. The van der Waals surface area contributed by atoms with Gasteiger partial charge in [0.2, 0.25) is 0 Å². The molecule has 1 atom stereocenters. The number of rotatable bonds is 4. The summed E-state index contributed by atoms with van der Waals surface area (Å²) in [6.45, 7) is 6.56. The molecule has 108 valence electrons. The maximum Gasteiger partial charge on any atom is 0.129 e. The third-order valence-corrected chi connectivity index (χ3v) is 4.13. The second-order valence-corrected chi connectivity index (χ2v) is 5.90. The highest BCUT2D eigenvalue weighted by Gasteiger charge is 2.17. The average molecular weight is 340 g/mol. The maximum atomic E-state index is 13.9. The molecule has 2 aromatic rings. The standard InChI is InChI=1S/C15H19BrFN3/c1-9(18-4)15-10(2)19-20(11(15)3)8-12-5-6-13(16)7-14(12)17/h5-7,9,18H,8H2,1-4H3. The van der Waals surface area contributed by atoms with Crippen LogP contribution in [0.2, 0.25) is 0 Å². The Balaban J connectivity index is 2.35. The number of nitrogens with one attached hydrogen (secondary N) is 1. The zero-order chi connectivity index (χ0) is 14.9. The molecule has 5 heteroatoms. The molecule has 0 fully saturated rings. The van der Waals surface area contributed by atoms with Gasteiger partial charge in [0, 0.05) is 27.3 Å². The summed E-state index contributed by atoms with van der Waals surface area (Å²) in [5.74, 6) is -0.213. The van der Waals surface area contributed by atoms with Gasteiger partial charge in [-0.1, -0.05) is 22.0 Å². The van der Waals surface area contributed by atoms with Gasteiger partial charge in [0.05, 0.1) is 12.2 Å². The molecule has 20 heavy (non-hydrogen) atoms. The third-order valence-electron chi connectivity index (χ3n) is 3.64. The van der Waals surface area contributed by atoms with Crippen LogP contribution < -0.4 is 5.32 Å². The number of hydrogen-bond donors (Lipinski definition) is 1. The lowest BCUT2D eigenvalue weighted by Gasteiger charge is -2.11. The lowest BCUT2D eigenvalue weighted by Crippen LogP contribution is -2.14. The van der Waals surface area contributed by atoms with Gasteiger partial charge in [0.25, 0.3) is 0 Å². The summed E-state index contributed by atoms with van der Waals surface area (Å²) in [5.41, 5.74) is 3.89. The Hall–Kier alpha value is -1.20. The second kappa shape index (κ2) is 6.06. The number of benzene rings is 1. The summed E-state index contributed by atoms with van der Waals surface area (Å²) in [6, 6.07) is 5.36. The molecule has 0 amide bonds. The molecular weight excluding hydrogens is 321 g/mol. The maximum absolute atomic E-state index is 13.9. The van der Waals surface area contributed by atoms with E-state index >= 15 is 0 Å². The Morgan fingerprint density at radius 3 is 2.70 bits per heavy atom. The van der Waals surface area contributed by atoms with Crippen LogP contribution in [-0.2, 0) is 6.54 Å². The van der Waals surface area contributed by atoms with Crippen molar-refractivity contribution >= 4 is 15.9 Å². The second-order valence-electron chi connectivity index (χ2n) is 4.99. The molecule has 1 heterocycles. The highest BCUT2D eigenvalue weighted by molar-refractivity contribution is 9.10. The molecule has 2 rings (SSSR count). The van der Waals surface area contributed by atoms with E-state index in [4.69, 9.17) is 0 Å². The number of aromatic nitrogens is 2. The summed E-state index contributed by atoms with van der Waals surface area (Å²) in [7, 11) is 1.93. The minimum absolute atomic E-state index is 0.213. The SMILES string of the molecule is CNC(C)c1c(C)nn(Cc2ccc(Br)cc2F)c1C. The number of halogens is 2. The molecule has 1 aromatic carbocycles. The summed E-state index contributed by atoms with van der Waals surface area (Å²) < 4.78 is 16.5. The lowest BCUT2D eigenvalue weighted by molar-refractivity contribution is 0.576. The summed E-state index contributed by atoms with van der Waals surface area (Å²) in [4.78, 5) is 0. The van der Waals surface area contributed by atoms with E-state index in [0.29, 0.717) is 12.1 Å². The lowest BCUT2D eigenvalue weighted by atomic mass is 10.1. The van der Waals surface area contributed by atoms with Crippen LogP contribution in [0.3, 0.4) is 0 Å². The summed E-state index contributed by atoms with van der Waals surface area (Å²) in [6.07, 6.45) is 0. The molecule has 0 aliphatic carbocycles. The Labute approximate surface area is 127 Å². The predicted molar refractivity (Wildman–Crippen MR) is 82.4 cm³/mol. The minimum atomic E-state index is -0.213. The first-order valence-corrected chi connectivity index (χ1v) is 7.38. The molecule has 0 bridgehead atoms. The fraction of sp³-hybridized carbons (Fsp3) is 0.400. The van der Waals surface area contributed by atoms with Gasteiger partial charge in [-0.25, -0.2) is 4.39 Å². The van der Waals surface area contributed by atoms with Crippen molar-refractivity contribution in [3.8, 4) is 0 Å². The smallest absolute Gasteiger partial charge is 0.129 e. The van der Waals surface area contributed by atoms with E-state index < -0.39 is 0 Å². The molecule has 0 aliphatic rings. The van der Waals surface area contributed by atoms with Crippen molar-refractivity contribution in [1.82, 2.24) is 15.1 Å². The van der Waals surface area contributed by atoms with Gasteiger partial charge < -0.3 is 5.32 Å². The van der Waals surface area contributed by atoms with Gasteiger partial charge in [0.15, 0.2) is 0 Å². The van der Waals surface area contributed by atoms with E-state index in [1.807, 2.05) is 31.6 Å². The predicted octanol–water partition coefficient (Wildman–Crippen LogP) is 3.73. The molecular formula is C15H19BrFN3. The van der Waals surface area contributed by atoms with E-state index in [2.05, 4.69) is 33.3 Å². The minimum Gasteiger partial charge on any atom is -0.313 e. The van der Waals surface area contributed by atoms with Crippen molar-refractivity contribution in [3.05, 3.63) is 51.0 Å². The van der Waals surface area contributed by atoms with E-state index in [1.54, 1.807) is 6.07 Å². The van der Waals surface area contributed by atoms with E-state index in [9.17, 15) is 4.39 Å². The van der Waals surface area contributed by atoms with Gasteiger partial charge >= 0.3 is 0 Å². The number of hydrogen-bond acceptors (Lipinski definition) is 2. The topological polar surface area (TPSA) is 29.9 Å². The zero-order valence-corrected chi connectivity index (χ0v) is 13.8. The van der Waals surface area contributed by atoms with E-state index in [0.717, 1.165) is 15.9 Å². The van der Waals surface area contributed by atoms with Crippen LogP contribution in [0.5, 0.6) is 0 Å². The Morgan fingerprint density at radius 1 is 1.40 bits per heavy atom. The molecule has 0 radical (unpaired) electrons. The quantitative estimate of drug-likeness (QED) is 0.919. The average Bonchev–Trinajstić information content (AvgIpc) is 2.67. The Morgan fingerprint density at radius 2 is 2.10 bits per heavy atom. The van der Waals surface area contributed by atoms with Gasteiger partial charge in [-0.2, -0.15) is 5.10 Å². The highest BCUT2D eigenvalue weighted by atomic mass is 79.9. The summed E-state index contributed by atoms with van der Waals surface area (Å²) in [5, 5.41) is 7.76. The number of aryl methyl sites for hydroxylation is 1. The van der Waals surface area contributed by atoms with Crippen LogP contribution in [0.25, 0.3) is 0 Å². The molecule has 0 saturated carbocycles. The van der Waals surface area contributed by atoms with Gasteiger partial charge in [0.1, 0.15) is 5.82 Å². The summed E-state index contributed by atoms with van der Waals surface area (Å²) >= 11 is 3.27. The zero-order valence-electron chi connectivity index (χ0n) is 12.2. The van der Waals surface area contributed by atoms with Crippen LogP contribution in [-0.4, -0.2) is 16.8 Å². The van der Waals surface area contributed by atoms with E-state index in [-0.39, 0.29) is 11.9 Å². The van der Waals surface area contributed by atoms with Gasteiger partial charge in [-0.3, -0.25) is 4.68 Å². The van der Waals surface area contributed by atoms with Crippen molar-refractivity contribution in [2.45, 2.75) is 33.4 Å².